The van der Waals surface area contributed by atoms with E-state index in [0.29, 0.717) is 5.69 Å². The Morgan fingerprint density at radius 3 is 2.65 bits per heavy atom. The Labute approximate surface area is 97.8 Å². The minimum absolute atomic E-state index is 0.575. The summed E-state index contributed by atoms with van der Waals surface area (Å²) in [5.74, 6) is -2.70. The van der Waals surface area contributed by atoms with Crippen LogP contribution in [-0.2, 0) is 11.8 Å². The van der Waals surface area contributed by atoms with Crippen LogP contribution in [0.1, 0.15) is 11.3 Å². The van der Waals surface area contributed by atoms with Gasteiger partial charge in [-0.3, -0.25) is 0 Å². The van der Waals surface area contributed by atoms with Crippen molar-refractivity contribution in [3.63, 3.8) is 0 Å². The van der Waals surface area contributed by atoms with Gasteiger partial charge in [-0.1, -0.05) is 18.2 Å². The fourth-order valence-corrected chi connectivity index (χ4v) is 1.99. The highest BCUT2D eigenvalue weighted by atomic mass is 19.1. The fraction of sp³-hybridized carbons (Fsp3) is 0.154. The van der Waals surface area contributed by atoms with Gasteiger partial charge in [0.15, 0.2) is 0 Å². The third-order valence-corrected chi connectivity index (χ3v) is 2.88. The molecule has 1 N–H and O–H groups in total. The molecule has 0 radical (unpaired) electrons. The van der Waals surface area contributed by atoms with Crippen LogP contribution in [0.3, 0.4) is 0 Å². The number of hydrogen-bond acceptors (Lipinski definition) is 1. The Balaban J connectivity index is 2.71. The number of carboxylic acid groups (broad SMARTS) is 1. The first-order chi connectivity index (χ1) is 8.02. The molecule has 0 spiro atoms. The van der Waals surface area contributed by atoms with Crippen molar-refractivity contribution in [2.75, 3.05) is 0 Å². The molecule has 4 heteroatoms. The van der Waals surface area contributed by atoms with Gasteiger partial charge in [0.05, 0.1) is 0 Å². The second kappa shape index (κ2) is 4.05. The molecule has 88 valence electrons. The summed E-state index contributed by atoms with van der Waals surface area (Å²) in [5, 5.41) is 9.55. The molecule has 0 amide bonds. The van der Waals surface area contributed by atoms with Crippen molar-refractivity contribution in [3.8, 4) is 0 Å². The number of carboxylic acids is 1. The van der Waals surface area contributed by atoms with E-state index in [9.17, 15) is 9.18 Å². The lowest BCUT2D eigenvalue weighted by Gasteiger charge is -1.99. The van der Waals surface area contributed by atoms with Crippen LogP contribution in [0.5, 0.6) is 0 Å². The lowest BCUT2D eigenvalue weighted by molar-refractivity contribution is -0.134. The number of aromatic nitrogens is 1. The molecule has 0 aliphatic rings. The quantitative estimate of drug-likeness (QED) is 0.810. The predicted octanol–water partition coefficient (Wildman–Crippen LogP) is 2.88. The van der Waals surface area contributed by atoms with Crippen LogP contribution in [0.25, 0.3) is 17.0 Å². The summed E-state index contributed by atoms with van der Waals surface area (Å²) in [7, 11) is 1.79. The maximum absolute atomic E-state index is 13.1. The number of nitrogens with zero attached hydrogens (tertiary/aromatic N) is 1. The van der Waals surface area contributed by atoms with Crippen molar-refractivity contribution in [1.82, 2.24) is 4.57 Å². The first-order valence-corrected chi connectivity index (χ1v) is 5.17. The Morgan fingerprint density at radius 2 is 2.06 bits per heavy atom. The number of aryl methyl sites for hydroxylation is 2. The van der Waals surface area contributed by atoms with Crippen LogP contribution >= 0.6 is 0 Å². The number of halogens is 1. The second-order valence-electron chi connectivity index (χ2n) is 3.88. The Hall–Kier alpha value is -2.10. The molecule has 0 bridgehead atoms. The van der Waals surface area contributed by atoms with Crippen LogP contribution < -0.4 is 0 Å². The molecular weight excluding hydrogens is 221 g/mol. The number of hydrogen-bond donors (Lipinski definition) is 1. The average molecular weight is 233 g/mol. The average Bonchev–Trinajstić information content (AvgIpc) is 2.55. The highest BCUT2D eigenvalue weighted by Gasteiger charge is 2.12. The monoisotopic (exact) mass is 233 g/mol. The lowest BCUT2D eigenvalue weighted by atomic mass is 10.1. The maximum Gasteiger partial charge on any atom is 0.364 e. The molecule has 0 unspecified atom stereocenters. The fourth-order valence-electron chi connectivity index (χ4n) is 1.99. The first kappa shape index (κ1) is 11.4. The minimum Gasteiger partial charge on any atom is -0.476 e. The number of fused-ring (bicyclic) bond motifs is 1. The molecule has 2 rings (SSSR count). The van der Waals surface area contributed by atoms with Crippen LogP contribution in [-0.4, -0.2) is 15.6 Å². The van der Waals surface area contributed by atoms with Crippen LogP contribution in [0.2, 0.25) is 0 Å². The zero-order chi connectivity index (χ0) is 12.6. The normalized spacial score (nSPS) is 12.1. The standard InChI is InChI=1S/C13H12FNO2/c1-8-9-5-3-4-6-11(9)15(2)12(8)7-10(14)13(16)17/h3-7H,1-2H3,(H,16,17)/b10-7+. The summed E-state index contributed by atoms with van der Waals surface area (Å²) >= 11 is 0. The minimum atomic E-state index is -1.55. The van der Waals surface area contributed by atoms with Crippen molar-refractivity contribution in [2.45, 2.75) is 6.92 Å². The van der Waals surface area contributed by atoms with E-state index in [2.05, 4.69) is 0 Å². The van der Waals surface area contributed by atoms with Gasteiger partial charge >= 0.3 is 5.97 Å². The number of para-hydroxylation sites is 1. The summed E-state index contributed by atoms with van der Waals surface area (Å²) in [4.78, 5) is 10.5. The van der Waals surface area contributed by atoms with Crippen LogP contribution in [0, 0.1) is 6.92 Å². The molecule has 0 fully saturated rings. The van der Waals surface area contributed by atoms with Gasteiger partial charge in [-0.25, -0.2) is 4.79 Å². The molecule has 2 aromatic rings. The summed E-state index contributed by atoms with van der Waals surface area (Å²) < 4.78 is 14.9. The number of aliphatic carboxylic acids is 1. The lowest BCUT2D eigenvalue weighted by Crippen LogP contribution is -1.97. The summed E-state index contributed by atoms with van der Waals surface area (Å²) in [5.41, 5.74) is 2.40. The number of benzene rings is 1. The van der Waals surface area contributed by atoms with Crippen molar-refractivity contribution < 1.29 is 14.3 Å². The zero-order valence-electron chi connectivity index (χ0n) is 9.57. The molecule has 17 heavy (non-hydrogen) atoms. The molecule has 0 saturated carbocycles. The van der Waals surface area contributed by atoms with Gasteiger partial charge in [-0.05, 0) is 18.6 Å². The number of rotatable bonds is 2. The van der Waals surface area contributed by atoms with E-state index < -0.39 is 11.8 Å². The van der Waals surface area contributed by atoms with Crippen molar-refractivity contribution in [2.24, 2.45) is 7.05 Å². The largest absolute Gasteiger partial charge is 0.476 e. The highest BCUT2D eigenvalue weighted by molar-refractivity contribution is 5.93. The van der Waals surface area contributed by atoms with E-state index in [1.165, 1.54) is 0 Å². The van der Waals surface area contributed by atoms with E-state index >= 15 is 0 Å². The van der Waals surface area contributed by atoms with Gasteiger partial charge in [0.25, 0.3) is 0 Å². The van der Waals surface area contributed by atoms with E-state index in [4.69, 9.17) is 5.11 Å². The van der Waals surface area contributed by atoms with Crippen molar-refractivity contribution in [1.29, 1.82) is 0 Å². The molecule has 1 heterocycles. The summed E-state index contributed by atoms with van der Waals surface area (Å²) in [6, 6.07) is 7.64. The van der Waals surface area contributed by atoms with Crippen LogP contribution in [0.15, 0.2) is 30.1 Å². The Morgan fingerprint density at radius 1 is 1.41 bits per heavy atom. The van der Waals surface area contributed by atoms with E-state index in [1.807, 2.05) is 31.2 Å². The van der Waals surface area contributed by atoms with Crippen LogP contribution in [0.4, 0.5) is 4.39 Å². The van der Waals surface area contributed by atoms with Gasteiger partial charge in [0, 0.05) is 29.7 Å². The smallest absolute Gasteiger partial charge is 0.364 e. The van der Waals surface area contributed by atoms with E-state index in [-0.39, 0.29) is 0 Å². The third-order valence-electron chi connectivity index (χ3n) is 2.88. The molecule has 1 aromatic carbocycles. The highest BCUT2D eigenvalue weighted by Crippen LogP contribution is 2.26. The van der Waals surface area contributed by atoms with E-state index in [0.717, 1.165) is 22.5 Å². The molecular formula is C13H12FNO2. The molecule has 0 atom stereocenters. The Bertz CT molecular complexity index is 587. The van der Waals surface area contributed by atoms with E-state index in [1.54, 1.807) is 11.6 Å². The van der Waals surface area contributed by atoms with Gasteiger partial charge in [0.1, 0.15) is 0 Å². The second-order valence-corrected chi connectivity index (χ2v) is 3.88. The molecule has 0 aliphatic heterocycles. The van der Waals surface area contributed by atoms with Gasteiger partial charge in [-0.2, -0.15) is 4.39 Å². The molecule has 0 aliphatic carbocycles. The molecule has 1 aromatic heterocycles. The van der Waals surface area contributed by atoms with Crippen molar-refractivity contribution >= 4 is 22.9 Å². The SMILES string of the molecule is Cc1c(/C=C(/F)C(=O)O)n(C)c2ccccc12. The molecule has 0 saturated heterocycles. The summed E-state index contributed by atoms with van der Waals surface area (Å²) in [6.45, 7) is 1.85. The first-order valence-electron chi connectivity index (χ1n) is 5.17. The Kier molecular flexibility index (Phi) is 2.71. The maximum atomic E-state index is 13.1. The van der Waals surface area contributed by atoms with Gasteiger partial charge in [-0.15, -0.1) is 0 Å². The van der Waals surface area contributed by atoms with Crippen molar-refractivity contribution in [3.05, 3.63) is 41.3 Å². The third kappa shape index (κ3) is 1.82. The molecule has 3 nitrogen and oxygen atoms in total. The van der Waals surface area contributed by atoms with Gasteiger partial charge < -0.3 is 9.67 Å². The van der Waals surface area contributed by atoms with Gasteiger partial charge in [0.2, 0.25) is 5.83 Å². The number of carbonyl (C=O) groups is 1. The summed E-state index contributed by atoms with van der Waals surface area (Å²) in [6.07, 6.45) is 1.05. The zero-order valence-corrected chi connectivity index (χ0v) is 9.57. The topological polar surface area (TPSA) is 42.2 Å². The predicted molar refractivity (Wildman–Crippen MR) is 64.4 cm³/mol.